The second-order valence-electron chi connectivity index (χ2n) is 6.77. The van der Waals surface area contributed by atoms with E-state index in [2.05, 4.69) is 0 Å². The van der Waals surface area contributed by atoms with Crippen LogP contribution in [0.2, 0.25) is 0 Å². The van der Waals surface area contributed by atoms with Gasteiger partial charge in [-0.15, -0.1) is 0 Å². The normalized spacial score (nSPS) is 39.2. The third-order valence-electron chi connectivity index (χ3n) is 4.28. The third-order valence-corrected chi connectivity index (χ3v) is 4.28. The Morgan fingerprint density at radius 1 is 1.48 bits per heavy atom. The SMILES string of the molecule is [2H]C1=C(C)CC([2H])([2H])[C@@]2([2H])C(C)(C)Oc3cc(C([2H])([2H])CCCC)cc(O)c3[C@]12[2H]. The number of hydrogen-bond donors (Lipinski definition) is 1. The van der Waals surface area contributed by atoms with Crippen molar-refractivity contribution in [1.82, 2.24) is 0 Å². The van der Waals surface area contributed by atoms with Crippen molar-refractivity contribution in [1.29, 1.82) is 0 Å². The molecule has 3 rings (SSSR count). The maximum absolute atomic E-state index is 10.9. The molecule has 0 radical (unpaired) electrons. The number of phenolic OH excluding ortho intramolecular Hbond substituents is 1. The van der Waals surface area contributed by atoms with Crippen molar-refractivity contribution in [3.8, 4) is 11.5 Å². The average molecular weight is 322 g/mol. The Kier molecular flexibility index (Phi) is 2.64. The summed E-state index contributed by atoms with van der Waals surface area (Å²) in [4.78, 5) is 0. The van der Waals surface area contributed by atoms with Gasteiger partial charge in [-0.1, -0.05) is 31.4 Å². The average Bonchev–Trinajstić information content (AvgIpc) is 2.61. The first-order chi connectivity index (χ1) is 13.6. The maximum Gasteiger partial charge on any atom is 0.127 e. The van der Waals surface area contributed by atoms with Gasteiger partial charge in [0.25, 0.3) is 0 Å². The zero-order valence-corrected chi connectivity index (χ0v) is 14.3. The van der Waals surface area contributed by atoms with E-state index in [1.54, 1.807) is 6.92 Å². The Bertz CT molecular complexity index is 909. The molecule has 126 valence electrons. The molecular weight excluding hydrogens is 284 g/mol. The van der Waals surface area contributed by atoms with Crippen LogP contribution in [0.5, 0.6) is 11.5 Å². The zero-order chi connectivity index (χ0) is 22.9. The van der Waals surface area contributed by atoms with E-state index in [0.717, 1.165) is 6.42 Å². The molecule has 0 amide bonds. The Balaban J connectivity index is 2.33. The van der Waals surface area contributed by atoms with Crippen molar-refractivity contribution in [2.75, 3.05) is 0 Å². The van der Waals surface area contributed by atoms with Gasteiger partial charge < -0.3 is 9.84 Å². The summed E-state index contributed by atoms with van der Waals surface area (Å²) in [6, 6.07) is 2.46. The Morgan fingerprint density at radius 2 is 2.26 bits per heavy atom. The number of fused-ring (bicyclic) bond motifs is 3. The monoisotopic (exact) mass is 321 g/mol. The second kappa shape index (κ2) is 6.22. The summed E-state index contributed by atoms with van der Waals surface area (Å²) < 4.78 is 67.1. The van der Waals surface area contributed by atoms with E-state index in [1.165, 1.54) is 26.0 Å². The van der Waals surface area contributed by atoms with Gasteiger partial charge in [0.2, 0.25) is 0 Å². The molecule has 2 nitrogen and oxygen atoms in total. The van der Waals surface area contributed by atoms with Crippen LogP contribution in [-0.4, -0.2) is 10.7 Å². The number of aryl methyl sites for hydroxylation is 1. The lowest BCUT2D eigenvalue weighted by atomic mass is 9.68. The van der Waals surface area contributed by atoms with Crippen LogP contribution in [-0.2, 0) is 6.37 Å². The van der Waals surface area contributed by atoms with Crippen LogP contribution in [0.15, 0.2) is 23.8 Å². The molecule has 0 saturated carbocycles. The minimum absolute atomic E-state index is 0.0310. The van der Waals surface area contributed by atoms with Gasteiger partial charge in [0.1, 0.15) is 17.1 Å². The van der Waals surface area contributed by atoms with E-state index in [9.17, 15) is 6.48 Å². The predicted molar refractivity (Wildman–Crippen MR) is 95.3 cm³/mol. The fourth-order valence-electron chi connectivity index (χ4n) is 3.10. The van der Waals surface area contributed by atoms with E-state index in [4.69, 9.17) is 13.0 Å². The van der Waals surface area contributed by atoms with Crippen LogP contribution < -0.4 is 4.74 Å². The standard InChI is InChI=1S/C21H30O2/c1-5-6-7-8-15-12-18(22)20-16-11-14(2)9-10-17(16)21(3,4)23-19(20)13-15/h11-13,16-17,22H,5-10H2,1-4H3/t16-,17-/m1/s1/i8D2,10D2,11D,16D,17D. The topological polar surface area (TPSA) is 29.5 Å². The van der Waals surface area contributed by atoms with Gasteiger partial charge in [0.05, 0.1) is 1.37 Å². The molecule has 1 aromatic carbocycles. The van der Waals surface area contributed by atoms with Crippen LogP contribution >= 0.6 is 0 Å². The maximum atomic E-state index is 10.9. The first-order valence-electron chi connectivity index (χ1n) is 11.8. The van der Waals surface area contributed by atoms with Gasteiger partial charge in [-0.25, -0.2) is 0 Å². The molecule has 1 aliphatic heterocycles. The molecule has 1 N–H and O–H groups in total. The summed E-state index contributed by atoms with van der Waals surface area (Å²) in [5, 5.41) is 10.9. The predicted octanol–water partition coefficient (Wildman–Crippen LogP) is 5.74. The van der Waals surface area contributed by atoms with Gasteiger partial charge in [0, 0.05) is 25.6 Å². The number of phenols is 1. The number of ether oxygens (including phenoxy) is 1. The van der Waals surface area contributed by atoms with Gasteiger partial charge in [-0.2, -0.15) is 0 Å². The smallest absolute Gasteiger partial charge is 0.127 e. The van der Waals surface area contributed by atoms with Crippen molar-refractivity contribution in [2.24, 2.45) is 5.89 Å². The third kappa shape index (κ3) is 3.13. The van der Waals surface area contributed by atoms with Crippen LogP contribution in [0.4, 0.5) is 0 Å². The second-order valence-corrected chi connectivity index (χ2v) is 6.77. The van der Waals surface area contributed by atoms with Crippen molar-refractivity contribution in [3.63, 3.8) is 0 Å². The molecule has 1 aliphatic carbocycles. The molecule has 0 fully saturated rings. The quantitative estimate of drug-likeness (QED) is 0.717. The molecular formula is C21H30O2. The first-order valence-corrected chi connectivity index (χ1v) is 8.30. The molecule has 0 bridgehead atoms. The van der Waals surface area contributed by atoms with Crippen LogP contribution in [0.25, 0.3) is 0 Å². The highest BCUT2D eigenvalue weighted by Gasteiger charge is 2.45. The van der Waals surface area contributed by atoms with E-state index in [0.29, 0.717) is 12.0 Å². The van der Waals surface area contributed by atoms with Crippen molar-refractivity contribution in [3.05, 3.63) is 34.9 Å². The van der Waals surface area contributed by atoms with Gasteiger partial charge in [0.15, 0.2) is 0 Å². The molecule has 1 aromatic rings. The van der Waals surface area contributed by atoms with Gasteiger partial charge in [-0.3, -0.25) is 0 Å². The van der Waals surface area contributed by atoms with E-state index >= 15 is 0 Å². The summed E-state index contributed by atoms with van der Waals surface area (Å²) in [6.45, 7) is 6.58. The molecule has 0 spiro atoms. The van der Waals surface area contributed by atoms with Crippen LogP contribution in [0.1, 0.15) is 86.4 Å². The number of rotatable bonds is 4. The molecule has 2 aliphatic rings. The molecule has 0 aromatic heterocycles. The first kappa shape index (κ1) is 9.76. The minimum atomic E-state index is -2.21. The number of benzene rings is 1. The minimum Gasteiger partial charge on any atom is -0.507 e. The fourth-order valence-corrected chi connectivity index (χ4v) is 3.10. The van der Waals surface area contributed by atoms with Crippen LogP contribution in [0, 0.1) is 5.89 Å². The molecule has 23 heavy (non-hydrogen) atoms. The van der Waals surface area contributed by atoms with E-state index in [1.807, 2.05) is 6.92 Å². The lowest BCUT2D eigenvalue weighted by Crippen LogP contribution is -2.45. The van der Waals surface area contributed by atoms with Gasteiger partial charge in [-0.05, 0) is 64.1 Å². The number of allylic oxidation sites excluding steroid dienone is 2. The highest BCUT2D eigenvalue weighted by molar-refractivity contribution is 5.53. The molecule has 0 saturated heterocycles. The molecule has 0 unspecified atom stereocenters. The highest BCUT2D eigenvalue weighted by atomic mass is 16.5. The summed E-state index contributed by atoms with van der Waals surface area (Å²) in [5.41, 5.74) is -1.10. The summed E-state index contributed by atoms with van der Waals surface area (Å²) in [7, 11) is 0. The van der Waals surface area contributed by atoms with Crippen molar-refractivity contribution < 1.29 is 19.4 Å². The van der Waals surface area contributed by atoms with Crippen molar-refractivity contribution >= 4 is 0 Å². The van der Waals surface area contributed by atoms with Gasteiger partial charge >= 0.3 is 0 Å². The summed E-state index contributed by atoms with van der Waals surface area (Å²) in [6.07, 6.45) is -2.35. The Morgan fingerprint density at radius 3 is 3.00 bits per heavy atom. The molecule has 2 heteroatoms. The van der Waals surface area contributed by atoms with E-state index < -0.39 is 35.9 Å². The fraction of sp³-hybridized carbons (Fsp3) is 0.619. The molecule has 2 atom stereocenters. The molecule has 1 heterocycles. The van der Waals surface area contributed by atoms with Crippen molar-refractivity contribution in [2.45, 2.75) is 77.6 Å². The van der Waals surface area contributed by atoms with E-state index in [-0.39, 0.29) is 35.8 Å². The summed E-state index contributed by atoms with van der Waals surface area (Å²) >= 11 is 0. The number of hydrogen-bond acceptors (Lipinski definition) is 2. The lowest BCUT2D eigenvalue weighted by Gasteiger charge is -2.46. The van der Waals surface area contributed by atoms with Crippen LogP contribution in [0.3, 0.4) is 0 Å². The largest absolute Gasteiger partial charge is 0.507 e. The summed E-state index contributed by atoms with van der Waals surface area (Å²) in [5.74, 6) is -4.84. The Labute approximate surface area is 150 Å². The zero-order valence-electron chi connectivity index (χ0n) is 21.3. The lowest BCUT2D eigenvalue weighted by molar-refractivity contribution is 0.0107. The highest BCUT2D eigenvalue weighted by Crippen LogP contribution is 2.53. The number of unbranched alkanes of at least 4 members (excludes halogenated alkanes) is 1. The Hall–Kier alpha value is -1.44. The number of aromatic hydroxyl groups is 1.